The zero-order valence-corrected chi connectivity index (χ0v) is 44.5. The van der Waals surface area contributed by atoms with E-state index in [1.165, 1.54) is 19.8 Å². The number of nitrogens with two attached hydrogens (primary N) is 2. The third-order valence-corrected chi connectivity index (χ3v) is 15.0. The van der Waals surface area contributed by atoms with Crippen LogP contribution in [-0.2, 0) is 52.2 Å². The van der Waals surface area contributed by atoms with Crippen LogP contribution in [0.5, 0.6) is 24.0 Å². The van der Waals surface area contributed by atoms with E-state index in [4.69, 9.17) is 53.5 Å². The molecule has 8 aromatic rings. The minimum absolute atomic E-state index is 0. The summed E-state index contributed by atoms with van der Waals surface area (Å²) in [5.74, 6) is 0.436. The molecule has 1 atom stereocenters. The van der Waals surface area contributed by atoms with Crippen LogP contribution in [0, 0.1) is 0 Å². The number of aromatic nitrogens is 8. The van der Waals surface area contributed by atoms with Crippen molar-refractivity contribution in [3.63, 3.8) is 0 Å². The van der Waals surface area contributed by atoms with Gasteiger partial charge in [-0.25, -0.2) is 0 Å². The Morgan fingerprint density at radius 1 is 0.554 bits per heavy atom. The zero-order valence-electron chi connectivity index (χ0n) is 41.1. The highest BCUT2D eigenvalue weighted by atomic mass is 79.9. The molecule has 398 valence electrons. The summed E-state index contributed by atoms with van der Waals surface area (Å²) in [6.07, 6.45) is 0.274. The molecule has 0 amide bonds. The van der Waals surface area contributed by atoms with Gasteiger partial charge in [-0.1, -0.05) is 116 Å². The number of methoxy groups -OCH3 is 4. The summed E-state index contributed by atoms with van der Waals surface area (Å²) in [4.78, 5) is 26.1. The summed E-state index contributed by atoms with van der Waals surface area (Å²) in [7, 11) is 7.16. The maximum atomic E-state index is 13.5. The van der Waals surface area contributed by atoms with Crippen LogP contribution in [-0.4, -0.2) is 115 Å². The van der Waals surface area contributed by atoms with Crippen LogP contribution in [0.15, 0.2) is 109 Å². The number of alkyl halides is 1. The predicted molar refractivity (Wildman–Crippen MR) is 296 cm³/mol. The summed E-state index contributed by atoms with van der Waals surface area (Å²) in [6, 6.07) is 36.3. The second kappa shape index (κ2) is 30.2. The standard InChI is InChI=1S/C24H28N5O5P.C17H20BrN5O3.C8H11O2P.2CH4/c1-31-12-13-34-23-27-21(25)20-22(28-23)29(24(26-20)32-2)15-17-8-7-9-18(14-17)16-35(30,33-3)19-10-5-4-6-11-19;1-24-6-7-26-16-21-14(19)13-15(22-16)23(17(20-13)25-2)10-12-5-3-4-11(8-12)9-18;1-9-11(10-2)8-6-4-3-5-7-8;;/h4-11,14H,12-13,15-16H2,1-3H3,(H2,25,27,28);3-5,8H,6-7,9-10H2,1-2H3,(H2,19,21,22);3-7H,1-2H3;2*1H4. The molecule has 8 rings (SSSR count). The van der Waals surface area contributed by atoms with Crippen LogP contribution < -0.4 is 41.0 Å². The highest BCUT2D eigenvalue weighted by Crippen LogP contribution is 2.48. The molecule has 4 aromatic carbocycles. The van der Waals surface area contributed by atoms with E-state index in [-0.39, 0.29) is 51.3 Å². The molecular weight excluding hydrogens is 1050 g/mol. The van der Waals surface area contributed by atoms with Crippen molar-refractivity contribution in [1.29, 1.82) is 0 Å². The lowest BCUT2D eigenvalue weighted by molar-refractivity contribution is 0.141. The monoisotopic (exact) mass is 1120 g/mol. The number of halogens is 1. The first-order valence-corrected chi connectivity index (χ1v) is 26.4. The van der Waals surface area contributed by atoms with E-state index in [0.29, 0.717) is 72.6 Å². The Hall–Kier alpha value is -6.28. The van der Waals surface area contributed by atoms with Gasteiger partial charge in [-0.05, 0) is 46.5 Å². The van der Waals surface area contributed by atoms with Crippen LogP contribution in [0.3, 0.4) is 0 Å². The molecule has 0 radical (unpaired) electrons. The Balaban J connectivity index is 0.000000267. The largest absolute Gasteiger partial charge is 0.468 e. The Morgan fingerprint density at radius 2 is 1.00 bits per heavy atom. The zero-order chi connectivity index (χ0) is 51.5. The van der Waals surface area contributed by atoms with Gasteiger partial charge in [0.25, 0.3) is 12.0 Å². The quantitative estimate of drug-likeness (QED) is 0.0366. The van der Waals surface area contributed by atoms with Crippen molar-refractivity contribution in [2.24, 2.45) is 0 Å². The van der Waals surface area contributed by atoms with Gasteiger partial charge in [0.1, 0.15) is 13.2 Å². The number of fused-ring (bicyclic) bond motifs is 2. The number of anilines is 2. The third-order valence-electron chi connectivity index (χ3n) is 10.5. The Labute approximate surface area is 442 Å². The van der Waals surface area contributed by atoms with Gasteiger partial charge in [0.05, 0.1) is 46.7 Å². The minimum Gasteiger partial charge on any atom is -0.468 e. The maximum absolute atomic E-state index is 13.5. The number of imidazole rings is 2. The molecule has 4 heterocycles. The van der Waals surface area contributed by atoms with Crippen LogP contribution in [0.4, 0.5) is 11.6 Å². The fourth-order valence-corrected chi connectivity index (χ4v) is 10.3. The molecule has 20 nitrogen and oxygen atoms in total. The van der Waals surface area contributed by atoms with E-state index >= 15 is 0 Å². The van der Waals surface area contributed by atoms with Crippen molar-refractivity contribution in [3.05, 3.63) is 131 Å². The van der Waals surface area contributed by atoms with E-state index in [1.807, 2.05) is 102 Å². The summed E-state index contributed by atoms with van der Waals surface area (Å²) in [6.45, 7) is 2.38. The number of ether oxygens (including phenoxy) is 6. The Morgan fingerprint density at radius 3 is 1.43 bits per heavy atom. The summed E-state index contributed by atoms with van der Waals surface area (Å²) in [5, 5.41) is 2.57. The molecule has 23 heteroatoms. The molecule has 74 heavy (non-hydrogen) atoms. The molecule has 0 fully saturated rings. The predicted octanol–water partition coefficient (Wildman–Crippen LogP) is 8.81. The van der Waals surface area contributed by atoms with Crippen molar-refractivity contribution in [3.8, 4) is 24.0 Å². The number of hydrogen-bond acceptors (Lipinski definition) is 18. The summed E-state index contributed by atoms with van der Waals surface area (Å²) in [5.41, 5.74) is 18.2. The number of benzene rings is 4. The summed E-state index contributed by atoms with van der Waals surface area (Å²) < 4.78 is 64.9. The van der Waals surface area contributed by atoms with Crippen LogP contribution in [0.25, 0.3) is 22.3 Å². The molecule has 4 N–H and O–H groups in total. The molecule has 0 bridgehead atoms. The van der Waals surface area contributed by atoms with E-state index in [2.05, 4.69) is 58.0 Å². The van der Waals surface area contributed by atoms with Gasteiger partial charge in [-0.2, -0.15) is 29.9 Å². The minimum atomic E-state index is -3.05. The average molecular weight is 1120 g/mol. The molecule has 0 saturated carbocycles. The van der Waals surface area contributed by atoms with Gasteiger partial charge < -0.3 is 53.5 Å². The first kappa shape index (κ1) is 60.3. The first-order valence-electron chi connectivity index (χ1n) is 22.3. The van der Waals surface area contributed by atoms with Crippen LogP contribution in [0.2, 0.25) is 0 Å². The first-order chi connectivity index (χ1) is 35.0. The van der Waals surface area contributed by atoms with Crippen molar-refractivity contribution in [2.75, 3.05) is 87.7 Å². The molecule has 0 spiro atoms. The second-order valence-corrected chi connectivity index (χ2v) is 20.1. The van der Waals surface area contributed by atoms with Crippen molar-refractivity contribution in [1.82, 2.24) is 39.0 Å². The van der Waals surface area contributed by atoms with Gasteiger partial charge in [-0.15, -0.1) is 0 Å². The number of nitrogen functional groups attached to an aromatic ring is 2. The lowest BCUT2D eigenvalue weighted by Gasteiger charge is -2.17. The molecule has 0 aliphatic heterocycles. The van der Waals surface area contributed by atoms with Gasteiger partial charge in [-0.3, -0.25) is 13.7 Å². The number of hydrogen-bond donors (Lipinski definition) is 2. The Bertz CT molecular complexity index is 3010. The molecule has 0 saturated heterocycles. The van der Waals surface area contributed by atoms with E-state index < -0.39 is 15.7 Å². The molecular formula is C51H67BrN10O10P2. The van der Waals surface area contributed by atoms with Crippen molar-refractivity contribution in [2.45, 2.75) is 39.4 Å². The number of nitrogens with zero attached hydrogens (tertiary/aromatic N) is 8. The number of rotatable bonds is 22. The maximum Gasteiger partial charge on any atom is 0.320 e. The average Bonchev–Trinajstić information content (AvgIpc) is 3.95. The summed E-state index contributed by atoms with van der Waals surface area (Å²) >= 11 is 3.48. The van der Waals surface area contributed by atoms with Gasteiger partial charge in [0, 0.05) is 51.5 Å². The van der Waals surface area contributed by atoms with E-state index in [1.54, 1.807) is 40.1 Å². The second-order valence-electron chi connectivity index (χ2n) is 15.3. The topological polar surface area (TPSA) is 239 Å². The normalized spacial score (nSPS) is 11.6. The lowest BCUT2D eigenvalue weighted by atomic mass is 10.1. The molecule has 1 unspecified atom stereocenters. The smallest absolute Gasteiger partial charge is 0.320 e. The lowest BCUT2D eigenvalue weighted by Crippen LogP contribution is -2.10. The molecule has 0 aliphatic rings. The fourth-order valence-electron chi connectivity index (χ4n) is 7.12. The molecule has 4 aromatic heterocycles. The Kier molecular flexibility index (Phi) is 24.6. The highest BCUT2D eigenvalue weighted by Gasteiger charge is 2.26. The van der Waals surface area contributed by atoms with Gasteiger partial charge in [0.15, 0.2) is 34.0 Å². The SMILES string of the molecule is C.C.COCCOc1nc(N)c2nc(OC)n(Cc3cccc(CBr)c3)c2n1.COCCOc1nc(N)c2nc(OC)n(Cc3cccc(CP(=O)(OC)c4ccccc4)c3)c2n1.COP(OC)c1ccccc1. The van der Waals surface area contributed by atoms with Crippen LogP contribution >= 0.6 is 31.7 Å². The van der Waals surface area contributed by atoms with Gasteiger partial charge >= 0.3 is 12.0 Å². The molecule has 0 aliphatic carbocycles. The van der Waals surface area contributed by atoms with Crippen molar-refractivity contribution >= 4 is 76.2 Å². The third kappa shape index (κ3) is 15.9. The highest BCUT2D eigenvalue weighted by molar-refractivity contribution is 9.08. The van der Waals surface area contributed by atoms with E-state index in [9.17, 15) is 4.57 Å². The fraction of sp³-hybridized carbons (Fsp3) is 0.333. The van der Waals surface area contributed by atoms with Gasteiger partial charge in [0.2, 0.25) is 15.7 Å². The van der Waals surface area contributed by atoms with Crippen LogP contribution in [0.1, 0.15) is 37.1 Å². The van der Waals surface area contributed by atoms with Crippen molar-refractivity contribution < 1.29 is 46.6 Å². The van der Waals surface area contributed by atoms with E-state index in [0.717, 1.165) is 27.3 Å².